The highest BCUT2D eigenvalue weighted by molar-refractivity contribution is 7.16. The second kappa shape index (κ2) is 5.06. The maximum atomic E-state index is 10.5. The van der Waals surface area contributed by atoms with Crippen LogP contribution >= 0.6 is 22.7 Å². The maximum absolute atomic E-state index is 10.5. The van der Waals surface area contributed by atoms with Crippen molar-refractivity contribution in [1.82, 2.24) is 19.8 Å². The van der Waals surface area contributed by atoms with Crippen molar-refractivity contribution in [3.8, 4) is 0 Å². The van der Waals surface area contributed by atoms with Crippen LogP contribution in [-0.2, 0) is 17.6 Å². The van der Waals surface area contributed by atoms with Crippen LogP contribution in [0.4, 0.5) is 0 Å². The highest BCUT2D eigenvalue weighted by atomic mass is 32.1. The van der Waals surface area contributed by atoms with E-state index in [0.717, 1.165) is 10.8 Å². The molecule has 3 heterocycles. The molecule has 3 aromatic rings. The van der Waals surface area contributed by atoms with E-state index in [1.807, 2.05) is 17.5 Å². The van der Waals surface area contributed by atoms with Gasteiger partial charge in [-0.15, -0.1) is 21.5 Å². The average molecular weight is 294 g/mol. The van der Waals surface area contributed by atoms with Crippen LogP contribution in [-0.4, -0.2) is 30.9 Å². The van der Waals surface area contributed by atoms with Crippen LogP contribution in [0.2, 0.25) is 0 Å². The molecule has 0 radical (unpaired) electrons. The molecule has 0 aliphatic rings. The van der Waals surface area contributed by atoms with Crippen molar-refractivity contribution in [2.24, 2.45) is 0 Å². The number of fused-ring (bicyclic) bond motifs is 1. The van der Waals surface area contributed by atoms with Crippen molar-refractivity contribution in [1.29, 1.82) is 0 Å². The molecule has 0 amide bonds. The fourth-order valence-corrected chi connectivity index (χ4v) is 3.24. The molecular formula is C11H10N4O2S2. The Morgan fingerprint density at radius 2 is 2.32 bits per heavy atom. The summed E-state index contributed by atoms with van der Waals surface area (Å²) in [4.78, 5) is 12.5. The van der Waals surface area contributed by atoms with Gasteiger partial charge in [0.05, 0.1) is 6.42 Å². The number of nitrogens with zero attached hydrogens (tertiary/aromatic N) is 4. The molecule has 0 spiro atoms. The number of aromatic nitrogens is 4. The minimum atomic E-state index is -0.815. The first-order valence-electron chi connectivity index (χ1n) is 5.66. The predicted molar refractivity (Wildman–Crippen MR) is 71.7 cm³/mol. The van der Waals surface area contributed by atoms with E-state index in [4.69, 9.17) is 5.11 Å². The van der Waals surface area contributed by atoms with Crippen LogP contribution in [0.3, 0.4) is 0 Å². The molecule has 0 aliphatic carbocycles. The number of carbonyl (C=O) groups is 1. The van der Waals surface area contributed by atoms with Crippen molar-refractivity contribution in [2.75, 3.05) is 0 Å². The first-order valence-corrected chi connectivity index (χ1v) is 7.36. The maximum Gasteiger partial charge on any atom is 0.303 e. The van der Waals surface area contributed by atoms with Crippen LogP contribution in [0, 0.1) is 0 Å². The van der Waals surface area contributed by atoms with Crippen LogP contribution in [0.5, 0.6) is 0 Å². The zero-order valence-electron chi connectivity index (χ0n) is 9.81. The van der Waals surface area contributed by atoms with E-state index < -0.39 is 5.97 Å². The zero-order chi connectivity index (χ0) is 13.2. The highest BCUT2D eigenvalue weighted by Crippen LogP contribution is 2.18. The molecule has 0 saturated heterocycles. The Kier molecular flexibility index (Phi) is 3.26. The standard InChI is InChI=1S/C11H10N4O2S2/c16-10(17)4-3-9-14-15-8(12-13-11(15)19-9)6-7-2-1-5-18-7/h1-2,5H,3-4,6H2,(H,16,17). The summed E-state index contributed by atoms with van der Waals surface area (Å²) < 4.78 is 1.71. The van der Waals surface area contributed by atoms with E-state index in [0.29, 0.717) is 17.8 Å². The van der Waals surface area contributed by atoms with Gasteiger partial charge in [-0.25, -0.2) is 0 Å². The molecule has 0 atom stereocenters. The number of hydrogen-bond acceptors (Lipinski definition) is 6. The lowest BCUT2D eigenvalue weighted by atomic mass is 10.3. The summed E-state index contributed by atoms with van der Waals surface area (Å²) >= 11 is 3.06. The van der Waals surface area contributed by atoms with Gasteiger partial charge in [0.15, 0.2) is 5.82 Å². The lowest BCUT2D eigenvalue weighted by molar-refractivity contribution is -0.136. The van der Waals surface area contributed by atoms with Gasteiger partial charge in [0, 0.05) is 17.7 Å². The van der Waals surface area contributed by atoms with Crippen molar-refractivity contribution in [3.63, 3.8) is 0 Å². The molecule has 0 saturated carbocycles. The van der Waals surface area contributed by atoms with E-state index in [-0.39, 0.29) is 6.42 Å². The van der Waals surface area contributed by atoms with Gasteiger partial charge < -0.3 is 5.11 Å². The number of aryl methyl sites for hydroxylation is 1. The van der Waals surface area contributed by atoms with Crippen LogP contribution < -0.4 is 0 Å². The molecule has 19 heavy (non-hydrogen) atoms. The van der Waals surface area contributed by atoms with Gasteiger partial charge >= 0.3 is 5.97 Å². The van der Waals surface area contributed by atoms with Gasteiger partial charge in [0.25, 0.3) is 0 Å². The highest BCUT2D eigenvalue weighted by Gasteiger charge is 2.13. The number of thiophene rings is 1. The number of hydrogen-bond donors (Lipinski definition) is 1. The fraction of sp³-hybridized carbons (Fsp3) is 0.273. The third-order valence-electron chi connectivity index (χ3n) is 2.56. The van der Waals surface area contributed by atoms with Gasteiger partial charge in [0.1, 0.15) is 5.01 Å². The van der Waals surface area contributed by atoms with Gasteiger partial charge in [-0.05, 0) is 11.4 Å². The molecule has 8 heteroatoms. The lowest BCUT2D eigenvalue weighted by Crippen LogP contribution is -2.00. The molecule has 0 aromatic carbocycles. The predicted octanol–water partition coefficient (Wildman–Crippen LogP) is 1.86. The van der Waals surface area contributed by atoms with E-state index in [1.54, 1.807) is 15.9 Å². The first kappa shape index (κ1) is 12.2. The van der Waals surface area contributed by atoms with Crippen LogP contribution in [0.25, 0.3) is 4.96 Å². The molecule has 1 N–H and O–H groups in total. The minimum Gasteiger partial charge on any atom is -0.481 e. The van der Waals surface area contributed by atoms with Crippen molar-refractivity contribution < 1.29 is 9.90 Å². The molecule has 0 bridgehead atoms. The summed E-state index contributed by atoms with van der Waals surface area (Å²) in [5, 5.41) is 24.0. The molecule has 3 rings (SSSR count). The minimum absolute atomic E-state index is 0.0877. The van der Waals surface area contributed by atoms with E-state index in [9.17, 15) is 4.79 Å². The molecule has 6 nitrogen and oxygen atoms in total. The normalized spacial score (nSPS) is 11.2. The SMILES string of the molecule is O=C(O)CCc1nn2c(Cc3cccs3)nnc2s1. The van der Waals surface area contributed by atoms with Gasteiger partial charge in [0.2, 0.25) is 4.96 Å². The Labute approximate surface area is 116 Å². The molecule has 98 valence electrons. The molecule has 0 fully saturated rings. The average Bonchev–Trinajstić information content (AvgIpc) is 3.06. The smallest absolute Gasteiger partial charge is 0.303 e. The van der Waals surface area contributed by atoms with Crippen molar-refractivity contribution in [2.45, 2.75) is 19.3 Å². The second-order valence-electron chi connectivity index (χ2n) is 3.96. The zero-order valence-corrected chi connectivity index (χ0v) is 11.4. The summed E-state index contributed by atoms with van der Waals surface area (Å²) in [6, 6.07) is 4.04. The third-order valence-corrected chi connectivity index (χ3v) is 4.40. The summed E-state index contributed by atoms with van der Waals surface area (Å²) in [7, 11) is 0. The number of carboxylic acid groups (broad SMARTS) is 1. The Morgan fingerprint density at radius 1 is 1.42 bits per heavy atom. The van der Waals surface area contributed by atoms with Crippen molar-refractivity contribution >= 4 is 33.6 Å². The largest absolute Gasteiger partial charge is 0.481 e. The van der Waals surface area contributed by atoms with E-state index >= 15 is 0 Å². The number of aliphatic carboxylic acids is 1. The monoisotopic (exact) mass is 294 g/mol. The molecule has 0 unspecified atom stereocenters. The lowest BCUT2D eigenvalue weighted by Gasteiger charge is -1.93. The van der Waals surface area contributed by atoms with Gasteiger partial charge in [-0.2, -0.15) is 9.61 Å². The number of rotatable bonds is 5. The molecular weight excluding hydrogens is 284 g/mol. The first-order chi connectivity index (χ1) is 9.22. The van der Waals surface area contributed by atoms with Crippen LogP contribution in [0.1, 0.15) is 22.1 Å². The fourth-order valence-electron chi connectivity index (χ4n) is 1.69. The Balaban J connectivity index is 1.83. The van der Waals surface area contributed by atoms with E-state index in [1.165, 1.54) is 16.2 Å². The van der Waals surface area contributed by atoms with Crippen molar-refractivity contribution in [3.05, 3.63) is 33.2 Å². The second-order valence-corrected chi connectivity index (χ2v) is 6.03. The summed E-state index contributed by atoms with van der Waals surface area (Å²) in [6.07, 6.45) is 1.22. The summed E-state index contributed by atoms with van der Waals surface area (Å²) in [5.41, 5.74) is 0. The van der Waals surface area contributed by atoms with E-state index in [2.05, 4.69) is 15.3 Å². The topological polar surface area (TPSA) is 80.4 Å². The van der Waals surface area contributed by atoms with Gasteiger partial charge in [-0.3, -0.25) is 4.79 Å². The summed E-state index contributed by atoms with van der Waals surface area (Å²) in [6.45, 7) is 0. The Bertz CT molecular complexity index is 702. The Hall–Kier alpha value is -1.80. The Morgan fingerprint density at radius 3 is 3.05 bits per heavy atom. The summed E-state index contributed by atoms with van der Waals surface area (Å²) in [5.74, 6) is -0.0277. The van der Waals surface area contributed by atoms with Crippen LogP contribution in [0.15, 0.2) is 17.5 Å². The molecule has 3 aromatic heterocycles. The van der Waals surface area contributed by atoms with Gasteiger partial charge in [-0.1, -0.05) is 17.4 Å². The quantitative estimate of drug-likeness (QED) is 0.777. The number of carboxylic acids is 1. The third kappa shape index (κ3) is 2.64. The molecule has 0 aliphatic heterocycles.